The Morgan fingerprint density at radius 2 is 1.56 bits per heavy atom. The fourth-order valence-corrected chi connectivity index (χ4v) is 2.32. The number of carbonyl (C=O) groups is 1. The van der Waals surface area contributed by atoms with Crippen molar-refractivity contribution in [3.8, 4) is 0 Å². The van der Waals surface area contributed by atoms with E-state index in [2.05, 4.69) is 0 Å². The van der Waals surface area contributed by atoms with Gasteiger partial charge in [-0.05, 0) is 44.0 Å². The van der Waals surface area contributed by atoms with Gasteiger partial charge in [0.1, 0.15) is 5.82 Å². The number of carbonyl (C=O) groups excluding carboxylic acids is 1. The molecule has 0 aliphatic heterocycles. The molecule has 2 aromatic carbocycles. The molecule has 0 unspecified atom stereocenters. The van der Waals surface area contributed by atoms with Gasteiger partial charge in [0.2, 0.25) is 0 Å². The molecule has 2 rings (SSSR count). The van der Waals surface area contributed by atoms with Crippen LogP contribution in [-0.2, 0) is 0 Å². The summed E-state index contributed by atoms with van der Waals surface area (Å²) in [6.07, 6.45) is 0. The third-order valence-corrected chi connectivity index (χ3v) is 3.02. The maximum atomic E-state index is 13.6. The summed E-state index contributed by atoms with van der Waals surface area (Å²) in [5.41, 5.74) is 3.62. The lowest BCUT2D eigenvalue weighted by Crippen LogP contribution is -2.08. The van der Waals surface area contributed by atoms with Crippen LogP contribution in [0.2, 0.25) is 0 Å². The highest BCUT2D eigenvalue weighted by Crippen LogP contribution is 2.21. The molecule has 0 saturated heterocycles. The van der Waals surface area contributed by atoms with Crippen LogP contribution in [0.3, 0.4) is 0 Å². The number of hydrogen-bond acceptors (Lipinski definition) is 1. The van der Waals surface area contributed by atoms with E-state index < -0.39 is 5.82 Å². The molecule has 0 aliphatic carbocycles. The van der Waals surface area contributed by atoms with Gasteiger partial charge in [-0.15, -0.1) is 0 Å². The SMILES string of the molecule is Cc1cc(C)c(C(=O)c2ccccc2F)c(C)c1. The lowest BCUT2D eigenvalue weighted by Gasteiger charge is -2.10. The number of aryl methyl sites for hydroxylation is 3. The number of hydrogen-bond donors (Lipinski definition) is 0. The zero-order chi connectivity index (χ0) is 13.3. The highest BCUT2D eigenvalue weighted by molar-refractivity contribution is 6.11. The lowest BCUT2D eigenvalue weighted by atomic mass is 9.93. The van der Waals surface area contributed by atoms with E-state index in [1.807, 2.05) is 32.9 Å². The molecule has 0 atom stereocenters. The Balaban J connectivity index is 2.57. The third-order valence-electron chi connectivity index (χ3n) is 3.02. The fourth-order valence-electron chi connectivity index (χ4n) is 2.32. The van der Waals surface area contributed by atoms with Crippen molar-refractivity contribution in [3.05, 3.63) is 70.0 Å². The third kappa shape index (κ3) is 2.19. The van der Waals surface area contributed by atoms with Crippen LogP contribution in [0.25, 0.3) is 0 Å². The molecular weight excluding hydrogens is 227 g/mol. The average Bonchev–Trinajstić information content (AvgIpc) is 2.27. The van der Waals surface area contributed by atoms with Gasteiger partial charge in [-0.25, -0.2) is 4.39 Å². The first-order chi connectivity index (χ1) is 8.50. The minimum Gasteiger partial charge on any atom is -0.288 e. The van der Waals surface area contributed by atoms with Crippen LogP contribution >= 0.6 is 0 Å². The molecule has 2 aromatic rings. The molecule has 0 amide bonds. The first-order valence-electron chi connectivity index (χ1n) is 5.88. The molecule has 0 bridgehead atoms. The minimum atomic E-state index is -0.470. The Bertz CT molecular complexity index is 591. The van der Waals surface area contributed by atoms with E-state index in [4.69, 9.17) is 0 Å². The largest absolute Gasteiger partial charge is 0.288 e. The summed E-state index contributed by atoms with van der Waals surface area (Å²) in [4.78, 5) is 12.4. The Kier molecular flexibility index (Phi) is 3.28. The molecule has 0 heterocycles. The maximum absolute atomic E-state index is 13.6. The van der Waals surface area contributed by atoms with E-state index in [0.29, 0.717) is 5.56 Å². The molecule has 0 spiro atoms. The van der Waals surface area contributed by atoms with Gasteiger partial charge in [0.15, 0.2) is 5.78 Å². The number of benzene rings is 2. The Hall–Kier alpha value is -1.96. The quantitative estimate of drug-likeness (QED) is 0.728. The topological polar surface area (TPSA) is 17.1 Å². The van der Waals surface area contributed by atoms with Crippen LogP contribution in [0, 0.1) is 26.6 Å². The fraction of sp³-hybridized carbons (Fsp3) is 0.188. The van der Waals surface area contributed by atoms with Crippen molar-refractivity contribution >= 4 is 5.78 Å². The van der Waals surface area contributed by atoms with Gasteiger partial charge < -0.3 is 0 Å². The summed E-state index contributed by atoms with van der Waals surface area (Å²) >= 11 is 0. The van der Waals surface area contributed by atoms with Crippen LogP contribution in [0.15, 0.2) is 36.4 Å². The minimum absolute atomic E-state index is 0.132. The molecule has 0 saturated carbocycles. The van der Waals surface area contributed by atoms with Crippen LogP contribution in [0.4, 0.5) is 4.39 Å². The molecule has 0 aromatic heterocycles. The van der Waals surface area contributed by atoms with E-state index in [-0.39, 0.29) is 11.3 Å². The number of halogens is 1. The molecular formula is C16H15FO. The summed E-state index contributed by atoms with van der Waals surface area (Å²) in [6, 6.07) is 9.99. The molecule has 18 heavy (non-hydrogen) atoms. The van der Waals surface area contributed by atoms with Gasteiger partial charge in [-0.1, -0.05) is 29.8 Å². The van der Waals surface area contributed by atoms with Crippen LogP contribution in [0.5, 0.6) is 0 Å². The molecule has 0 radical (unpaired) electrons. The Morgan fingerprint density at radius 3 is 2.11 bits per heavy atom. The maximum Gasteiger partial charge on any atom is 0.196 e. The summed E-state index contributed by atoms with van der Waals surface area (Å²) in [5.74, 6) is -0.718. The van der Waals surface area contributed by atoms with E-state index in [0.717, 1.165) is 16.7 Å². The van der Waals surface area contributed by atoms with Crippen molar-refractivity contribution in [2.45, 2.75) is 20.8 Å². The van der Waals surface area contributed by atoms with Crippen LogP contribution in [0.1, 0.15) is 32.6 Å². The zero-order valence-electron chi connectivity index (χ0n) is 10.8. The predicted molar refractivity (Wildman–Crippen MR) is 70.5 cm³/mol. The van der Waals surface area contributed by atoms with Crippen molar-refractivity contribution in [2.75, 3.05) is 0 Å². The second kappa shape index (κ2) is 4.73. The second-order valence-electron chi connectivity index (χ2n) is 4.58. The van der Waals surface area contributed by atoms with Crippen molar-refractivity contribution in [1.82, 2.24) is 0 Å². The van der Waals surface area contributed by atoms with Gasteiger partial charge in [-0.2, -0.15) is 0 Å². The summed E-state index contributed by atoms with van der Waals surface area (Å²) in [7, 11) is 0. The van der Waals surface area contributed by atoms with Gasteiger partial charge >= 0.3 is 0 Å². The standard InChI is InChI=1S/C16H15FO/c1-10-8-11(2)15(12(3)9-10)16(18)13-6-4-5-7-14(13)17/h4-9H,1-3H3. The summed E-state index contributed by atoms with van der Waals surface area (Å²) < 4.78 is 13.6. The van der Waals surface area contributed by atoms with Gasteiger partial charge in [-0.3, -0.25) is 4.79 Å². The monoisotopic (exact) mass is 242 g/mol. The highest BCUT2D eigenvalue weighted by Gasteiger charge is 2.17. The summed E-state index contributed by atoms with van der Waals surface area (Å²) in [5, 5.41) is 0. The molecule has 92 valence electrons. The van der Waals surface area contributed by atoms with E-state index >= 15 is 0 Å². The van der Waals surface area contributed by atoms with Crippen molar-refractivity contribution < 1.29 is 9.18 Å². The van der Waals surface area contributed by atoms with Crippen LogP contribution in [-0.4, -0.2) is 5.78 Å². The molecule has 2 heteroatoms. The smallest absolute Gasteiger partial charge is 0.196 e. The first kappa shape index (κ1) is 12.5. The molecule has 0 aliphatic rings. The molecule has 1 nitrogen and oxygen atoms in total. The van der Waals surface area contributed by atoms with Crippen molar-refractivity contribution in [2.24, 2.45) is 0 Å². The highest BCUT2D eigenvalue weighted by atomic mass is 19.1. The molecule has 0 fully saturated rings. The van der Waals surface area contributed by atoms with Gasteiger partial charge in [0.05, 0.1) is 5.56 Å². The normalized spacial score (nSPS) is 10.4. The van der Waals surface area contributed by atoms with Crippen LogP contribution < -0.4 is 0 Å². The van der Waals surface area contributed by atoms with E-state index in [1.165, 1.54) is 12.1 Å². The Morgan fingerprint density at radius 1 is 1.00 bits per heavy atom. The Labute approximate surface area is 106 Å². The lowest BCUT2D eigenvalue weighted by molar-refractivity contribution is 0.103. The second-order valence-corrected chi connectivity index (χ2v) is 4.58. The van der Waals surface area contributed by atoms with Gasteiger partial charge in [0, 0.05) is 5.56 Å². The van der Waals surface area contributed by atoms with E-state index in [1.54, 1.807) is 12.1 Å². The van der Waals surface area contributed by atoms with E-state index in [9.17, 15) is 9.18 Å². The first-order valence-corrected chi connectivity index (χ1v) is 5.88. The number of ketones is 1. The molecule has 0 N–H and O–H groups in total. The zero-order valence-corrected chi connectivity index (χ0v) is 10.8. The van der Waals surface area contributed by atoms with Crippen molar-refractivity contribution in [3.63, 3.8) is 0 Å². The predicted octanol–water partition coefficient (Wildman–Crippen LogP) is 3.98. The number of rotatable bonds is 2. The summed E-state index contributed by atoms with van der Waals surface area (Å²) in [6.45, 7) is 5.75. The average molecular weight is 242 g/mol. The van der Waals surface area contributed by atoms with Gasteiger partial charge in [0.25, 0.3) is 0 Å². The van der Waals surface area contributed by atoms with Crippen molar-refractivity contribution in [1.29, 1.82) is 0 Å².